The SMILES string of the molecule is Cc1ccc(C2=C3C=CC(=N3)C(c3ccc(C)cc3)=c3ccc([nH]3)=C(c3ccc(C)cc3)C3=C(c4ccccc4)c4c(-c5ccc(C)cc5)c5ccc2n5c4=N3)cc1. The second kappa shape index (κ2) is 13.1. The molecule has 3 aliphatic heterocycles. The van der Waals surface area contributed by atoms with Crippen LogP contribution in [-0.2, 0) is 0 Å². The molecular weight excluding hydrogens is 705 g/mol. The minimum absolute atomic E-state index is 0.917. The molecule has 58 heavy (non-hydrogen) atoms. The summed E-state index contributed by atoms with van der Waals surface area (Å²) in [6.45, 7) is 8.56. The van der Waals surface area contributed by atoms with E-state index in [4.69, 9.17) is 9.98 Å². The lowest BCUT2D eigenvalue weighted by molar-refractivity contribution is 1.06. The number of nitrogens with one attached hydrogen (secondary N) is 1. The number of nitrogens with zero attached hydrogens (tertiary/aromatic N) is 3. The number of hydrogen-bond donors (Lipinski definition) is 1. The molecule has 4 heteroatoms. The Bertz CT molecular complexity index is 3290. The first-order valence-corrected chi connectivity index (χ1v) is 20.0. The van der Waals surface area contributed by atoms with Crippen LogP contribution in [-0.4, -0.2) is 15.1 Å². The van der Waals surface area contributed by atoms with Crippen molar-refractivity contribution >= 4 is 33.5 Å². The summed E-state index contributed by atoms with van der Waals surface area (Å²) in [5, 5.41) is 2.00. The highest BCUT2D eigenvalue weighted by molar-refractivity contribution is 6.30. The number of aryl methyl sites for hydroxylation is 4. The second-order valence-corrected chi connectivity index (χ2v) is 15.8. The molecule has 4 nitrogen and oxygen atoms in total. The fourth-order valence-electron chi connectivity index (χ4n) is 8.89. The van der Waals surface area contributed by atoms with Gasteiger partial charge in [-0.1, -0.05) is 150 Å². The summed E-state index contributed by atoms with van der Waals surface area (Å²) < 4.78 is 2.40. The van der Waals surface area contributed by atoms with Gasteiger partial charge in [-0.2, -0.15) is 0 Å². The zero-order valence-electron chi connectivity index (χ0n) is 32.9. The lowest BCUT2D eigenvalue weighted by Crippen LogP contribution is -2.20. The Hall–Kier alpha value is -7.30. The van der Waals surface area contributed by atoms with Crippen LogP contribution in [0.15, 0.2) is 185 Å². The molecule has 0 amide bonds. The lowest BCUT2D eigenvalue weighted by Gasteiger charge is -2.14. The van der Waals surface area contributed by atoms with Crippen LogP contribution < -0.4 is 16.2 Å². The Kier molecular flexibility index (Phi) is 7.70. The first kappa shape index (κ1) is 34.0. The highest BCUT2D eigenvalue weighted by Gasteiger charge is 2.33. The van der Waals surface area contributed by atoms with Crippen molar-refractivity contribution in [2.45, 2.75) is 27.7 Å². The van der Waals surface area contributed by atoms with Crippen molar-refractivity contribution in [2.24, 2.45) is 9.98 Å². The van der Waals surface area contributed by atoms with Crippen LogP contribution in [0.4, 0.5) is 0 Å². The van der Waals surface area contributed by atoms with E-state index < -0.39 is 0 Å². The highest BCUT2D eigenvalue weighted by atomic mass is 15.0. The predicted octanol–water partition coefficient (Wildman–Crippen LogP) is 10.2. The van der Waals surface area contributed by atoms with Gasteiger partial charge in [0, 0.05) is 44.1 Å². The van der Waals surface area contributed by atoms with Gasteiger partial charge in [0.05, 0.1) is 28.3 Å². The van der Waals surface area contributed by atoms with Gasteiger partial charge < -0.3 is 4.98 Å². The van der Waals surface area contributed by atoms with E-state index in [0.717, 1.165) is 100 Å². The third-order valence-corrected chi connectivity index (χ3v) is 11.8. The number of H-pyrrole nitrogens is 1. The van der Waals surface area contributed by atoms with Crippen LogP contribution in [0.1, 0.15) is 55.8 Å². The predicted molar refractivity (Wildman–Crippen MR) is 238 cm³/mol. The smallest absolute Gasteiger partial charge is 0.147 e. The average molecular weight is 745 g/mol. The molecule has 3 aliphatic rings. The Morgan fingerprint density at radius 3 is 1.53 bits per heavy atom. The fraction of sp³-hybridized carbons (Fsp3) is 0.0741. The van der Waals surface area contributed by atoms with Gasteiger partial charge >= 0.3 is 0 Å². The maximum atomic E-state index is 5.84. The van der Waals surface area contributed by atoms with Crippen LogP contribution in [0.5, 0.6) is 0 Å². The highest BCUT2D eigenvalue weighted by Crippen LogP contribution is 2.44. The number of aromatic amines is 1. The van der Waals surface area contributed by atoms with Crippen LogP contribution >= 0.6 is 0 Å². The van der Waals surface area contributed by atoms with Crippen LogP contribution in [0, 0.1) is 27.7 Å². The molecule has 6 bridgehead atoms. The number of benzene rings is 5. The lowest BCUT2D eigenvalue weighted by atomic mass is 9.89. The molecule has 5 aromatic carbocycles. The second-order valence-electron chi connectivity index (χ2n) is 15.8. The van der Waals surface area contributed by atoms with E-state index in [1.807, 2.05) is 0 Å². The molecule has 6 heterocycles. The molecule has 1 N–H and O–H groups in total. The standard InChI is InChI=1S/C54H40N4/c1-32-10-18-37(19-11-32)47-41-26-28-43(55-41)48(38-20-12-33(2)13-21-38)45-30-31-46-50(40-24-16-35(4)17-25-40)52-51(36-8-6-5-7-9-36)53(57-54(52)58(45)46)49(44-29-27-42(47)56-44)39-22-14-34(3)15-23-39/h5-31,56H,1-4H3. The summed E-state index contributed by atoms with van der Waals surface area (Å²) in [5.74, 6) is 0. The maximum Gasteiger partial charge on any atom is 0.147 e. The Labute approximate surface area is 337 Å². The molecule has 0 saturated carbocycles. The summed E-state index contributed by atoms with van der Waals surface area (Å²) in [4.78, 5) is 15.3. The van der Waals surface area contributed by atoms with Gasteiger partial charge in [-0.3, -0.25) is 4.40 Å². The fourth-order valence-corrected chi connectivity index (χ4v) is 8.89. The van der Waals surface area contributed by atoms with Gasteiger partial charge in [-0.25, -0.2) is 9.98 Å². The topological polar surface area (TPSA) is 44.9 Å². The van der Waals surface area contributed by atoms with E-state index in [1.54, 1.807) is 0 Å². The molecule has 0 aliphatic carbocycles. The van der Waals surface area contributed by atoms with Gasteiger partial charge in [0.2, 0.25) is 0 Å². The molecule has 0 spiro atoms. The molecule has 0 unspecified atom stereocenters. The monoisotopic (exact) mass is 744 g/mol. The minimum atomic E-state index is 0.917. The number of aliphatic imine (C=N–C) groups is 1. The number of allylic oxidation sites excluding steroid dienone is 3. The van der Waals surface area contributed by atoms with Crippen LogP contribution in [0.25, 0.3) is 38.9 Å². The summed E-state index contributed by atoms with van der Waals surface area (Å²) >= 11 is 0. The quantitative estimate of drug-likeness (QED) is 0.182. The summed E-state index contributed by atoms with van der Waals surface area (Å²) in [5.41, 5.74) is 23.0. The number of hydrogen-bond acceptors (Lipinski definition) is 2. The molecule has 3 aromatic heterocycles. The van der Waals surface area contributed by atoms with Crippen molar-refractivity contribution in [3.8, 4) is 11.1 Å². The molecule has 276 valence electrons. The Morgan fingerprint density at radius 2 is 0.931 bits per heavy atom. The zero-order valence-corrected chi connectivity index (χ0v) is 32.9. The van der Waals surface area contributed by atoms with E-state index in [1.165, 1.54) is 27.8 Å². The number of rotatable bonds is 5. The van der Waals surface area contributed by atoms with E-state index in [-0.39, 0.29) is 0 Å². The largest absolute Gasteiger partial charge is 0.354 e. The number of fused-ring (bicyclic) bond motifs is 4. The van der Waals surface area contributed by atoms with E-state index >= 15 is 0 Å². The normalized spacial score (nSPS) is 14.5. The third kappa shape index (κ3) is 5.37. The Morgan fingerprint density at radius 1 is 0.414 bits per heavy atom. The molecular formula is C54H40N4. The van der Waals surface area contributed by atoms with Gasteiger partial charge in [0.25, 0.3) is 0 Å². The van der Waals surface area contributed by atoms with Crippen molar-refractivity contribution in [1.82, 2.24) is 9.38 Å². The zero-order chi connectivity index (χ0) is 39.1. The van der Waals surface area contributed by atoms with Gasteiger partial charge in [0.1, 0.15) is 5.49 Å². The first-order valence-electron chi connectivity index (χ1n) is 20.0. The van der Waals surface area contributed by atoms with Gasteiger partial charge in [-0.05, 0) is 91.9 Å². The molecule has 0 saturated heterocycles. The van der Waals surface area contributed by atoms with Gasteiger partial charge in [-0.15, -0.1) is 0 Å². The van der Waals surface area contributed by atoms with Crippen molar-refractivity contribution in [3.63, 3.8) is 0 Å². The molecule has 11 rings (SSSR count). The summed E-state index contributed by atoms with van der Waals surface area (Å²) in [7, 11) is 0. The van der Waals surface area contributed by atoms with Crippen molar-refractivity contribution in [1.29, 1.82) is 0 Å². The molecule has 0 fully saturated rings. The van der Waals surface area contributed by atoms with E-state index in [0.29, 0.717) is 0 Å². The molecule has 8 aromatic rings. The van der Waals surface area contributed by atoms with Crippen LogP contribution in [0.2, 0.25) is 0 Å². The van der Waals surface area contributed by atoms with Crippen molar-refractivity contribution in [3.05, 3.63) is 247 Å². The summed E-state index contributed by atoms with van der Waals surface area (Å²) in [6, 6.07) is 55.2. The maximum absolute atomic E-state index is 5.84. The molecule has 0 atom stereocenters. The van der Waals surface area contributed by atoms with Crippen molar-refractivity contribution in [2.75, 3.05) is 0 Å². The van der Waals surface area contributed by atoms with E-state index in [9.17, 15) is 0 Å². The first-order chi connectivity index (χ1) is 28.4. The van der Waals surface area contributed by atoms with Crippen LogP contribution in [0.3, 0.4) is 0 Å². The summed E-state index contributed by atoms with van der Waals surface area (Å²) in [6.07, 6.45) is 4.37. The van der Waals surface area contributed by atoms with Crippen molar-refractivity contribution < 1.29 is 0 Å². The van der Waals surface area contributed by atoms with E-state index in [2.05, 4.69) is 201 Å². The number of aromatic nitrogens is 2. The minimum Gasteiger partial charge on any atom is -0.354 e. The third-order valence-electron chi connectivity index (χ3n) is 11.8. The Balaban J connectivity index is 1.37. The van der Waals surface area contributed by atoms with Gasteiger partial charge in [0.15, 0.2) is 0 Å². The molecule has 0 radical (unpaired) electrons. The average Bonchev–Trinajstić information content (AvgIpc) is 4.09.